The first-order valence-corrected chi connectivity index (χ1v) is 6.06. The van der Waals surface area contributed by atoms with Crippen molar-refractivity contribution in [1.29, 1.82) is 0 Å². The van der Waals surface area contributed by atoms with Gasteiger partial charge in [-0.15, -0.1) is 10.2 Å². The highest BCUT2D eigenvalue weighted by atomic mass is 16.5. The first-order valence-electron chi connectivity index (χ1n) is 6.06. The molecule has 0 aromatic carbocycles. The van der Waals surface area contributed by atoms with Crippen LogP contribution in [0.4, 0.5) is 0 Å². The molecule has 3 aromatic heterocycles. The van der Waals surface area contributed by atoms with Crippen LogP contribution in [-0.2, 0) is 17.6 Å². The minimum atomic E-state index is -0.962. The summed E-state index contributed by atoms with van der Waals surface area (Å²) in [5.41, 5.74) is 1.26. The SMILES string of the molecule is CCc1noc(-c2ccc3nnc(CC(=O)O)n3c2)n1. The Morgan fingerprint density at radius 3 is 2.95 bits per heavy atom. The van der Waals surface area contributed by atoms with Crippen LogP contribution in [-0.4, -0.2) is 35.8 Å². The van der Waals surface area contributed by atoms with Gasteiger partial charge in [0.2, 0.25) is 0 Å². The van der Waals surface area contributed by atoms with Gasteiger partial charge in [-0.3, -0.25) is 9.20 Å². The summed E-state index contributed by atoms with van der Waals surface area (Å²) in [7, 11) is 0. The van der Waals surface area contributed by atoms with Gasteiger partial charge in [-0.05, 0) is 12.1 Å². The van der Waals surface area contributed by atoms with E-state index < -0.39 is 5.97 Å². The summed E-state index contributed by atoms with van der Waals surface area (Å²) in [6.45, 7) is 1.93. The van der Waals surface area contributed by atoms with Crippen LogP contribution >= 0.6 is 0 Å². The summed E-state index contributed by atoms with van der Waals surface area (Å²) >= 11 is 0. The third kappa shape index (κ3) is 2.11. The molecule has 1 N–H and O–H groups in total. The number of hydrogen-bond donors (Lipinski definition) is 1. The molecule has 0 saturated heterocycles. The van der Waals surface area contributed by atoms with Crippen LogP contribution < -0.4 is 0 Å². The van der Waals surface area contributed by atoms with Crippen LogP contribution in [0.15, 0.2) is 22.9 Å². The largest absolute Gasteiger partial charge is 0.481 e. The fraction of sp³-hybridized carbons (Fsp3) is 0.250. The lowest BCUT2D eigenvalue weighted by Crippen LogP contribution is -2.04. The summed E-state index contributed by atoms with van der Waals surface area (Å²) in [5.74, 6) is 0.397. The molecular weight excluding hydrogens is 262 g/mol. The van der Waals surface area contributed by atoms with Crippen LogP contribution in [0.25, 0.3) is 17.1 Å². The zero-order chi connectivity index (χ0) is 14.1. The molecule has 20 heavy (non-hydrogen) atoms. The fourth-order valence-corrected chi connectivity index (χ4v) is 1.84. The Hall–Kier alpha value is -2.77. The first kappa shape index (κ1) is 12.3. The fourth-order valence-electron chi connectivity index (χ4n) is 1.84. The average molecular weight is 273 g/mol. The lowest BCUT2D eigenvalue weighted by molar-refractivity contribution is -0.136. The van der Waals surface area contributed by atoms with Crippen molar-refractivity contribution >= 4 is 11.6 Å². The van der Waals surface area contributed by atoms with Gasteiger partial charge in [-0.1, -0.05) is 12.1 Å². The van der Waals surface area contributed by atoms with Gasteiger partial charge in [0.05, 0.1) is 5.56 Å². The Morgan fingerprint density at radius 1 is 1.40 bits per heavy atom. The Balaban J connectivity index is 2.06. The number of carbonyl (C=O) groups is 1. The van der Waals surface area contributed by atoms with Crippen LogP contribution in [0.2, 0.25) is 0 Å². The highest BCUT2D eigenvalue weighted by Crippen LogP contribution is 2.18. The highest BCUT2D eigenvalue weighted by Gasteiger charge is 2.13. The van der Waals surface area contributed by atoms with Gasteiger partial charge in [0.1, 0.15) is 12.2 Å². The Morgan fingerprint density at radius 2 is 2.25 bits per heavy atom. The van der Waals surface area contributed by atoms with Crippen molar-refractivity contribution in [2.75, 3.05) is 0 Å². The van der Waals surface area contributed by atoms with Gasteiger partial charge in [0.15, 0.2) is 11.5 Å². The van der Waals surface area contributed by atoms with Gasteiger partial charge < -0.3 is 9.63 Å². The number of carboxylic acids is 1. The van der Waals surface area contributed by atoms with Crippen molar-refractivity contribution in [1.82, 2.24) is 24.7 Å². The summed E-state index contributed by atoms with van der Waals surface area (Å²) < 4.78 is 6.77. The lowest BCUT2D eigenvalue weighted by atomic mass is 10.2. The molecule has 8 nitrogen and oxygen atoms in total. The summed E-state index contributed by atoms with van der Waals surface area (Å²) in [6.07, 6.45) is 2.18. The molecule has 0 radical (unpaired) electrons. The monoisotopic (exact) mass is 273 g/mol. The molecule has 0 aliphatic rings. The van der Waals surface area contributed by atoms with Crippen LogP contribution in [0.5, 0.6) is 0 Å². The number of carboxylic acid groups (broad SMARTS) is 1. The molecule has 0 aliphatic carbocycles. The van der Waals surface area contributed by atoms with E-state index in [1.165, 1.54) is 0 Å². The molecule has 0 atom stereocenters. The maximum atomic E-state index is 10.8. The van der Waals surface area contributed by atoms with Gasteiger partial charge in [-0.25, -0.2) is 0 Å². The summed E-state index contributed by atoms with van der Waals surface area (Å²) in [6, 6.07) is 3.50. The summed E-state index contributed by atoms with van der Waals surface area (Å²) in [4.78, 5) is 15.0. The second kappa shape index (κ2) is 4.72. The van der Waals surface area contributed by atoms with Crippen LogP contribution in [0, 0.1) is 0 Å². The first-order chi connectivity index (χ1) is 9.67. The van der Waals surface area contributed by atoms with E-state index in [2.05, 4.69) is 20.3 Å². The second-order valence-electron chi connectivity index (χ2n) is 4.20. The van der Waals surface area contributed by atoms with Crippen molar-refractivity contribution in [2.24, 2.45) is 0 Å². The molecule has 0 bridgehead atoms. The molecule has 0 unspecified atom stereocenters. The van der Waals surface area contributed by atoms with E-state index in [4.69, 9.17) is 9.63 Å². The third-order valence-corrected chi connectivity index (χ3v) is 2.81. The highest BCUT2D eigenvalue weighted by molar-refractivity contribution is 5.69. The number of fused-ring (bicyclic) bond motifs is 1. The standard InChI is InChI=1S/C12H11N5O3/c1-2-8-13-12(20-16-8)7-3-4-9-14-15-10(5-11(18)19)17(9)6-7/h3-4,6H,2,5H2,1H3,(H,18,19). The molecule has 3 rings (SSSR count). The molecule has 0 saturated carbocycles. The second-order valence-corrected chi connectivity index (χ2v) is 4.20. The van der Waals surface area contributed by atoms with Crippen molar-refractivity contribution in [2.45, 2.75) is 19.8 Å². The lowest BCUT2D eigenvalue weighted by Gasteiger charge is -1.99. The molecule has 102 valence electrons. The number of hydrogen-bond acceptors (Lipinski definition) is 6. The Bertz CT molecular complexity index is 776. The molecule has 0 spiro atoms. The molecular formula is C12H11N5O3. The van der Waals surface area contributed by atoms with Crippen LogP contribution in [0.1, 0.15) is 18.6 Å². The summed E-state index contributed by atoms with van der Waals surface area (Å²) in [5, 5.41) is 20.4. The minimum absolute atomic E-state index is 0.200. The van der Waals surface area contributed by atoms with E-state index in [0.29, 0.717) is 35.2 Å². The van der Waals surface area contributed by atoms with E-state index in [9.17, 15) is 4.79 Å². The molecule has 3 heterocycles. The Labute approximate surface area is 113 Å². The van der Waals surface area contributed by atoms with Crippen LogP contribution in [0.3, 0.4) is 0 Å². The quantitative estimate of drug-likeness (QED) is 0.754. The number of nitrogens with zero attached hydrogens (tertiary/aromatic N) is 5. The van der Waals surface area contributed by atoms with E-state index in [-0.39, 0.29) is 6.42 Å². The minimum Gasteiger partial charge on any atom is -0.481 e. The molecule has 3 aromatic rings. The van der Waals surface area contributed by atoms with Crippen molar-refractivity contribution in [3.8, 4) is 11.5 Å². The average Bonchev–Trinajstić information content (AvgIpc) is 3.05. The van der Waals surface area contributed by atoms with Crippen molar-refractivity contribution < 1.29 is 14.4 Å². The van der Waals surface area contributed by atoms with Gasteiger partial charge in [0.25, 0.3) is 5.89 Å². The van der Waals surface area contributed by atoms with E-state index >= 15 is 0 Å². The van der Waals surface area contributed by atoms with E-state index in [1.807, 2.05) is 6.92 Å². The van der Waals surface area contributed by atoms with E-state index in [1.54, 1.807) is 22.7 Å². The number of pyridine rings is 1. The topological polar surface area (TPSA) is 106 Å². The number of aliphatic carboxylic acids is 1. The zero-order valence-electron chi connectivity index (χ0n) is 10.6. The van der Waals surface area contributed by atoms with Gasteiger partial charge in [0, 0.05) is 12.6 Å². The van der Waals surface area contributed by atoms with Crippen molar-refractivity contribution in [3.63, 3.8) is 0 Å². The van der Waals surface area contributed by atoms with Gasteiger partial charge >= 0.3 is 5.97 Å². The van der Waals surface area contributed by atoms with E-state index in [0.717, 1.165) is 0 Å². The normalized spacial score (nSPS) is 11.1. The number of aromatic nitrogens is 5. The predicted octanol–water partition coefficient (Wildman–Crippen LogP) is 0.969. The maximum absolute atomic E-state index is 10.8. The molecule has 8 heteroatoms. The molecule has 0 aliphatic heterocycles. The number of aryl methyl sites for hydroxylation is 1. The zero-order valence-corrected chi connectivity index (χ0v) is 10.6. The smallest absolute Gasteiger partial charge is 0.311 e. The number of rotatable bonds is 4. The molecule has 0 amide bonds. The van der Waals surface area contributed by atoms with Crippen molar-refractivity contribution in [3.05, 3.63) is 30.0 Å². The third-order valence-electron chi connectivity index (χ3n) is 2.81. The predicted molar refractivity (Wildman–Crippen MR) is 67.0 cm³/mol. The van der Waals surface area contributed by atoms with Gasteiger partial charge in [-0.2, -0.15) is 4.98 Å². The maximum Gasteiger partial charge on any atom is 0.311 e. The molecule has 0 fully saturated rings. The Kier molecular flexibility index (Phi) is 2.90.